The quantitative estimate of drug-likeness (QED) is 0.817. The minimum Gasteiger partial charge on any atom is -0.325 e. The Morgan fingerprint density at radius 2 is 1.80 bits per heavy atom. The van der Waals surface area contributed by atoms with Gasteiger partial charge in [-0.2, -0.15) is 0 Å². The largest absolute Gasteiger partial charge is 0.325 e. The molecule has 2 aromatic rings. The van der Waals surface area contributed by atoms with Crippen molar-refractivity contribution in [3.05, 3.63) is 54.1 Å². The number of rotatable bonds is 5. The second kappa shape index (κ2) is 7.74. The third-order valence-electron chi connectivity index (χ3n) is 4.22. The molecule has 2 aromatic carbocycles. The lowest BCUT2D eigenvalue weighted by Gasteiger charge is -2.17. The minimum atomic E-state index is -0.192. The van der Waals surface area contributed by atoms with E-state index >= 15 is 0 Å². The van der Waals surface area contributed by atoms with Crippen LogP contribution in [0.2, 0.25) is 0 Å². The molecule has 3 rings (SSSR count). The average Bonchev–Trinajstić information content (AvgIpc) is 3.03. The smallest absolute Gasteiger partial charge is 0.237 e. The summed E-state index contributed by atoms with van der Waals surface area (Å²) in [4.78, 5) is 27.0. The Hall–Kier alpha value is -2.27. The predicted octanol–water partition coefficient (Wildman–Crippen LogP) is 4.24. The molecule has 2 amide bonds. The Kier molecular flexibility index (Phi) is 5.43. The van der Waals surface area contributed by atoms with E-state index in [2.05, 4.69) is 5.32 Å². The summed E-state index contributed by atoms with van der Waals surface area (Å²) in [5.41, 5.74) is 2.84. The first-order valence-corrected chi connectivity index (χ1v) is 9.35. The van der Waals surface area contributed by atoms with Crippen molar-refractivity contribution in [2.24, 2.45) is 0 Å². The van der Waals surface area contributed by atoms with E-state index in [1.165, 1.54) is 17.3 Å². The Bertz CT molecular complexity index is 756. The summed E-state index contributed by atoms with van der Waals surface area (Å²) in [5.74, 6) is 0.135. The van der Waals surface area contributed by atoms with Crippen LogP contribution in [0.4, 0.5) is 11.4 Å². The fourth-order valence-corrected chi connectivity index (χ4v) is 3.63. The van der Waals surface area contributed by atoms with Gasteiger partial charge in [0.05, 0.1) is 5.25 Å². The molecule has 0 aliphatic carbocycles. The van der Waals surface area contributed by atoms with E-state index in [4.69, 9.17) is 0 Å². The summed E-state index contributed by atoms with van der Waals surface area (Å²) in [5, 5.41) is 2.75. The Balaban J connectivity index is 1.58. The molecule has 1 fully saturated rings. The molecule has 4 nitrogen and oxygen atoms in total. The topological polar surface area (TPSA) is 49.4 Å². The summed E-state index contributed by atoms with van der Waals surface area (Å²) in [6.07, 6.45) is 1.53. The van der Waals surface area contributed by atoms with Gasteiger partial charge in [0.1, 0.15) is 0 Å². The van der Waals surface area contributed by atoms with Gasteiger partial charge in [-0.3, -0.25) is 9.59 Å². The van der Waals surface area contributed by atoms with Crippen LogP contribution in [0.3, 0.4) is 0 Å². The van der Waals surface area contributed by atoms with Crippen molar-refractivity contribution in [3.8, 4) is 0 Å². The zero-order valence-electron chi connectivity index (χ0n) is 14.5. The Morgan fingerprint density at radius 1 is 1.12 bits per heavy atom. The number of anilines is 2. The highest BCUT2D eigenvalue weighted by Crippen LogP contribution is 2.26. The lowest BCUT2D eigenvalue weighted by atomic mass is 10.2. The SMILES string of the molecule is Cc1ccc(S[C@H](C)C(=O)Nc2ccc(N3CCCC3=O)cc2)cc1. The van der Waals surface area contributed by atoms with Gasteiger partial charge in [0.25, 0.3) is 0 Å². The number of hydrogen-bond donors (Lipinski definition) is 1. The van der Waals surface area contributed by atoms with Crippen molar-refractivity contribution in [2.45, 2.75) is 36.8 Å². The summed E-state index contributed by atoms with van der Waals surface area (Å²) in [7, 11) is 0. The van der Waals surface area contributed by atoms with Crippen LogP contribution in [0.15, 0.2) is 53.4 Å². The van der Waals surface area contributed by atoms with Crippen LogP contribution >= 0.6 is 11.8 Å². The first kappa shape index (κ1) is 17.5. The Labute approximate surface area is 152 Å². The van der Waals surface area contributed by atoms with Gasteiger partial charge < -0.3 is 10.2 Å². The number of thioether (sulfide) groups is 1. The van der Waals surface area contributed by atoms with Crippen LogP contribution < -0.4 is 10.2 Å². The standard InChI is InChI=1S/C20H22N2O2S/c1-14-5-11-18(12-6-14)25-15(2)20(24)21-16-7-9-17(10-8-16)22-13-3-4-19(22)23/h5-12,15H,3-4,13H2,1-2H3,(H,21,24)/t15-/m1/s1. The monoisotopic (exact) mass is 354 g/mol. The van der Waals surface area contributed by atoms with Gasteiger partial charge in [0, 0.05) is 29.2 Å². The van der Waals surface area contributed by atoms with Gasteiger partial charge in [0.2, 0.25) is 11.8 Å². The maximum Gasteiger partial charge on any atom is 0.237 e. The van der Waals surface area contributed by atoms with Crippen LogP contribution in [0.5, 0.6) is 0 Å². The summed E-state index contributed by atoms with van der Waals surface area (Å²) in [6, 6.07) is 15.6. The second-order valence-electron chi connectivity index (χ2n) is 6.26. The van der Waals surface area contributed by atoms with Crippen LogP contribution in [0, 0.1) is 6.92 Å². The van der Waals surface area contributed by atoms with Crippen molar-refractivity contribution in [2.75, 3.05) is 16.8 Å². The molecule has 1 aliphatic heterocycles. The molecule has 5 heteroatoms. The van der Waals surface area contributed by atoms with Crippen LogP contribution in [-0.2, 0) is 9.59 Å². The summed E-state index contributed by atoms with van der Waals surface area (Å²) >= 11 is 1.54. The molecule has 1 aliphatic rings. The van der Waals surface area contributed by atoms with E-state index in [0.717, 1.165) is 29.2 Å². The molecule has 0 bridgehead atoms. The van der Waals surface area contributed by atoms with Crippen molar-refractivity contribution in [3.63, 3.8) is 0 Å². The fraction of sp³-hybridized carbons (Fsp3) is 0.300. The number of carbonyl (C=O) groups excluding carboxylic acids is 2. The number of nitrogens with zero attached hydrogens (tertiary/aromatic N) is 1. The highest BCUT2D eigenvalue weighted by Gasteiger charge is 2.21. The fourth-order valence-electron chi connectivity index (χ4n) is 2.76. The third kappa shape index (κ3) is 4.42. The molecule has 1 heterocycles. The zero-order valence-corrected chi connectivity index (χ0v) is 15.3. The number of amides is 2. The van der Waals surface area contributed by atoms with Gasteiger partial charge in [-0.25, -0.2) is 0 Å². The third-order valence-corrected chi connectivity index (χ3v) is 5.33. The maximum atomic E-state index is 12.4. The predicted molar refractivity (Wildman–Crippen MR) is 103 cm³/mol. The molecule has 1 atom stereocenters. The average molecular weight is 354 g/mol. The highest BCUT2D eigenvalue weighted by molar-refractivity contribution is 8.00. The van der Waals surface area contributed by atoms with E-state index in [1.54, 1.807) is 4.90 Å². The number of carbonyl (C=O) groups is 2. The van der Waals surface area contributed by atoms with Crippen LogP contribution in [0.1, 0.15) is 25.3 Å². The van der Waals surface area contributed by atoms with E-state index in [0.29, 0.717) is 6.42 Å². The van der Waals surface area contributed by atoms with Gasteiger partial charge in [-0.05, 0) is 56.7 Å². The zero-order chi connectivity index (χ0) is 17.8. The maximum absolute atomic E-state index is 12.4. The molecule has 0 spiro atoms. The van der Waals surface area contributed by atoms with Crippen molar-refractivity contribution >= 4 is 35.0 Å². The molecule has 1 saturated heterocycles. The van der Waals surface area contributed by atoms with Gasteiger partial charge in [-0.15, -0.1) is 11.8 Å². The number of hydrogen-bond acceptors (Lipinski definition) is 3. The molecule has 0 radical (unpaired) electrons. The minimum absolute atomic E-state index is 0.0319. The lowest BCUT2D eigenvalue weighted by Crippen LogP contribution is -2.24. The molecular formula is C20H22N2O2S. The first-order valence-electron chi connectivity index (χ1n) is 8.47. The molecule has 0 unspecified atom stereocenters. The van der Waals surface area contributed by atoms with Crippen LogP contribution in [0.25, 0.3) is 0 Å². The second-order valence-corrected chi connectivity index (χ2v) is 7.67. The molecule has 0 saturated carbocycles. The van der Waals surface area contributed by atoms with Crippen molar-refractivity contribution in [1.29, 1.82) is 0 Å². The Morgan fingerprint density at radius 3 is 2.40 bits per heavy atom. The number of aryl methyl sites for hydroxylation is 1. The highest BCUT2D eigenvalue weighted by atomic mass is 32.2. The van der Waals surface area contributed by atoms with Gasteiger partial charge in [0.15, 0.2) is 0 Å². The van der Waals surface area contributed by atoms with Gasteiger partial charge >= 0.3 is 0 Å². The lowest BCUT2D eigenvalue weighted by molar-refractivity contribution is -0.117. The molecular weight excluding hydrogens is 332 g/mol. The first-order chi connectivity index (χ1) is 12.0. The molecule has 25 heavy (non-hydrogen) atoms. The summed E-state index contributed by atoms with van der Waals surface area (Å²) < 4.78 is 0. The van der Waals surface area contributed by atoms with E-state index in [9.17, 15) is 9.59 Å². The molecule has 1 N–H and O–H groups in total. The van der Waals surface area contributed by atoms with E-state index < -0.39 is 0 Å². The van der Waals surface area contributed by atoms with Crippen molar-refractivity contribution < 1.29 is 9.59 Å². The molecule has 0 aromatic heterocycles. The van der Waals surface area contributed by atoms with E-state index in [1.807, 2.05) is 62.4 Å². The van der Waals surface area contributed by atoms with Crippen LogP contribution in [-0.4, -0.2) is 23.6 Å². The number of nitrogens with one attached hydrogen (secondary N) is 1. The normalized spacial score (nSPS) is 15.3. The number of benzene rings is 2. The summed E-state index contributed by atoms with van der Waals surface area (Å²) in [6.45, 7) is 4.72. The van der Waals surface area contributed by atoms with E-state index in [-0.39, 0.29) is 17.1 Å². The van der Waals surface area contributed by atoms with Crippen molar-refractivity contribution in [1.82, 2.24) is 0 Å². The van der Waals surface area contributed by atoms with Gasteiger partial charge in [-0.1, -0.05) is 17.7 Å². The molecule has 130 valence electrons.